The van der Waals surface area contributed by atoms with Crippen molar-refractivity contribution in [3.05, 3.63) is 48.5 Å². The van der Waals surface area contributed by atoms with E-state index >= 15 is 0 Å². The number of likely N-dealkylation sites (tertiary alicyclic amines) is 1. The summed E-state index contributed by atoms with van der Waals surface area (Å²) in [5.41, 5.74) is -0.151. The van der Waals surface area contributed by atoms with Gasteiger partial charge in [0, 0.05) is 52.0 Å². The molecule has 1 aliphatic rings. The largest absolute Gasteiger partial charge is 0.347 e. The number of rotatable bonds is 3. The number of amides is 2. The number of hydrogen-bond donors (Lipinski definition) is 0. The van der Waals surface area contributed by atoms with Gasteiger partial charge in [0.25, 0.3) is 5.91 Å². The molecule has 126 valence electrons. The van der Waals surface area contributed by atoms with Crippen molar-refractivity contribution >= 4 is 11.8 Å². The second kappa shape index (κ2) is 6.43. The zero-order valence-electron chi connectivity index (χ0n) is 13.9. The summed E-state index contributed by atoms with van der Waals surface area (Å²) >= 11 is 0. The Kier molecular flexibility index (Phi) is 4.33. The highest BCUT2D eigenvalue weighted by molar-refractivity contribution is 5.94. The van der Waals surface area contributed by atoms with Gasteiger partial charge >= 0.3 is 0 Å². The van der Waals surface area contributed by atoms with Crippen molar-refractivity contribution in [1.82, 2.24) is 24.6 Å². The molecular formula is C17H21N5O2. The molecule has 3 rings (SSSR count). The molecule has 0 aliphatic carbocycles. The SMILES string of the molecule is CN(C)C(=O)C1(n2cccn2)CCN(C(=O)c2cccnc2)CC1. The lowest BCUT2D eigenvalue weighted by molar-refractivity contribution is -0.141. The summed E-state index contributed by atoms with van der Waals surface area (Å²) in [6.45, 7) is 1.01. The van der Waals surface area contributed by atoms with E-state index in [1.807, 2.05) is 12.3 Å². The maximum absolute atomic E-state index is 12.8. The van der Waals surface area contributed by atoms with E-state index in [1.54, 1.807) is 59.3 Å². The van der Waals surface area contributed by atoms with Crippen LogP contribution in [-0.2, 0) is 10.3 Å². The lowest BCUT2D eigenvalue weighted by atomic mass is 9.86. The molecule has 2 aromatic heterocycles. The van der Waals surface area contributed by atoms with Gasteiger partial charge in [-0.25, -0.2) is 0 Å². The van der Waals surface area contributed by atoms with Gasteiger partial charge in [0.2, 0.25) is 5.91 Å². The zero-order valence-corrected chi connectivity index (χ0v) is 13.9. The minimum Gasteiger partial charge on any atom is -0.347 e. The fraction of sp³-hybridized carbons (Fsp3) is 0.412. The van der Waals surface area contributed by atoms with Crippen LogP contribution in [0, 0.1) is 0 Å². The van der Waals surface area contributed by atoms with Crippen molar-refractivity contribution in [3.8, 4) is 0 Å². The molecule has 0 unspecified atom stereocenters. The lowest BCUT2D eigenvalue weighted by Gasteiger charge is -2.41. The fourth-order valence-electron chi connectivity index (χ4n) is 3.23. The van der Waals surface area contributed by atoms with Crippen LogP contribution in [0.4, 0.5) is 0 Å². The molecule has 1 saturated heterocycles. The highest BCUT2D eigenvalue weighted by Gasteiger charge is 2.45. The number of carbonyl (C=O) groups is 2. The molecule has 0 saturated carbocycles. The molecule has 3 heterocycles. The van der Waals surface area contributed by atoms with Crippen molar-refractivity contribution in [1.29, 1.82) is 0 Å². The number of pyridine rings is 1. The average molecular weight is 327 g/mol. The summed E-state index contributed by atoms with van der Waals surface area (Å²) in [5, 5.41) is 4.30. The van der Waals surface area contributed by atoms with Crippen LogP contribution in [0.25, 0.3) is 0 Å². The van der Waals surface area contributed by atoms with E-state index in [9.17, 15) is 9.59 Å². The molecule has 2 aromatic rings. The van der Waals surface area contributed by atoms with Gasteiger partial charge in [-0.05, 0) is 31.0 Å². The maximum Gasteiger partial charge on any atom is 0.255 e. The molecule has 2 amide bonds. The Balaban J connectivity index is 1.80. The van der Waals surface area contributed by atoms with Crippen molar-refractivity contribution in [2.45, 2.75) is 18.4 Å². The minimum atomic E-state index is -0.723. The fourth-order valence-corrected chi connectivity index (χ4v) is 3.23. The van der Waals surface area contributed by atoms with Crippen LogP contribution in [0.1, 0.15) is 23.2 Å². The van der Waals surface area contributed by atoms with E-state index < -0.39 is 5.54 Å². The van der Waals surface area contributed by atoms with Crippen molar-refractivity contribution in [2.24, 2.45) is 0 Å². The second-order valence-electron chi connectivity index (χ2n) is 6.22. The third-order valence-corrected chi connectivity index (χ3v) is 4.53. The Morgan fingerprint density at radius 1 is 1.17 bits per heavy atom. The smallest absolute Gasteiger partial charge is 0.255 e. The molecular weight excluding hydrogens is 306 g/mol. The number of nitrogens with zero attached hydrogens (tertiary/aromatic N) is 5. The minimum absolute atomic E-state index is 0.0136. The Labute approximate surface area is 140 Å². The summed E-state index contributed by atoms with van der Waals surface area (Å²) in [6, 6.07) is 5.33. The Bertz CT molecular complexity index is 704. The molecule has 0 N–H and O–H groups in total. The van der Waals surface area contributed by atoms with Gasteiger partial charge in [0.15, 0.2) is 0 Å². The molecule has 7 heteroatoms. The number of likely N-dealkylation sites (N-methyl/N-ethyl adjacent to an activating group) is 1. The monoisotopic (exact) mass is 327 g/mol. The van der Waals surface area contributed by atoms with Crippen LogP contribution in [0.15, 0.2) is 43.0 Å². The van der Waals surface area contributed by atoms with E-state index in [2.05, 4.69) is 10.1 Å². The first-order valence-electron chi connectivity index (χ1n) is 7.96. The van der Waals surface area contributed by atoms with E-state index in [4.69, 9.17) is 0 Å². The molecule has 0 radical (unpaired) electrons. The summed E-state index contributed by atoms with van der Waals surface area (Å²) in [6.07, 6.45) is 7.79. The molecule has 0 atom stereocenters. The van der Waals surface area contributed by atoms with Gasteiger partial charge < -0.3 is 9.80 Å². The van der Waals surface area contributed by atoms with E-state index in [-0.39, 0.29) is 11.8 Å². The van der Waals surface area contributed by atoms with Gasteiger partial charge in [0.1, 0.15) is 5.54 Å². The van der Waals surface area contributed by atoms with Crippen molar-refractivity contribution in [2.75, 3.05) is 27.2 Å². The third-order valence-electron chi connectivity index (χ3n) is 4.53. The van der Waals surface area contributed by atoms with Gasteiger partial charge in [0.05, 0.1) is 5.56 Å². The molecule has 0 aromatic carbocycles. The quantitative estimate of drug-likeness (QED) is 0.843. The van der Waals surface area contributed by atoms with Crippen LogP contribution >= 0.6 is 0 Å². The predicted octanol–water partition coefficient (Wildman–Crippen LogP) is 0.998. The number of aromatic nitrogens is 3. The molecule has 7 nitrogen and oxygen atoms in total. The summed E-state index contributed by atoms with van der Waals surface area (Å²) in [5.74, 6) is -0.0332. The Morgan fingerprint density at radius 2 is 1.92 bits per heavy atom. The summed E-state index contributed by atoms with van der Waals surface area (Å²) in [4.78, 5) is 32.8. The van der Waals surface area contributed by atoms with E-state index in [0.717, 1.165) is 0 Å². The highest BCUT2D eigenvalue weighted by Crippen LogP contribution is 2.32. The highest BCUT2D eigenvalue weighted by atomic mass is 16.2. The summed E-state index contributed by atoms with van der Waals surface area (Å²) in [7, 11) is 3.50. The van der Waals surface area contributed by atoms with Gasteiger partial charge in [-0.2, -0.15) is 5.10 Å². The van der Waals surface area contributed by atoms with Gasteiger partial charge in [-0.15, -0.1) is 0 Å². The third kappa shape index (κ3) is 2.77. The molecule has 0 spiro atoms. The van der Waals surface area contributed by atoms with Crippen LogP contribution < -0.4 is 0 Å². The van der Waals surface area contributed by atoms with E-state index in [1.165, 1.54) is 0 Å². The molecule has 1 fully saturated rings. The zero-order chi connectivity index (χ0) is 17.2. The van der Waals surface area contributed by atoms with Gasteiger partial charge in [-0.3, -0.25) is 19.3 Å². The average Bonchev–Trinajstić information content (AvgIpc) is 3.16. The standard InChI is InChI=1S/C17H21N5O2/c1-20(2)16(24)17(22-10-4-9-19-22)6-11-21(12-7-17)15(23)14-5-3-8-18-13-14/h3-5,8-10,13H,6-7,11-12H2,1-2H3. The van der Waals surface area contributed by atoms with E-state index in [0.29, 0.717) is 31.5 Å². The Hall–Kier alpha value is -2.70. The number of piperidine rings is 1. The van der Waals surface area contributed by atoms with Crippen LogP contribution in [0.2, 0.25) is 0 Å². The molecule has 0 bridgehead atoms. The normalized spacial score (nSPS) is 16.7. The topological polar surface area (TPSA) is 71.3 Å². The van der Waals surface area contributed by atoms with Crippen molar-refractivity contribution in [3.63, 3.8) is 0 Å². The molecule has 24 heavy (non-hydrogen) atoms. The van der Waals surface area contributed by atoms with Gasteiger partial charge in [-0.1, -0.05) is 0 Å². The van der Waals surface area contributed by atoms with Crippen LogP contribution in [0.3, 0.4) is 0 Å². The Morgan fingerprint density at radius 3 is 2.46 bits per heavy atom. The summed E-state index contributed by atoms with van der Waals surface area (Å²) < 4.78 is 1.74. The first kappa shape index (κ1) is 16.2. The first-order chi connectivity index (χ1) is 11.5. The first-order valence-corrected chi connectivity index (χ1v) is 7.96. The molecule has 1 aliphatic heterocycles. The second-order valence-corrected chi connectivity index (χ2v) is 6.22. The van der Waals surface area contributed by atoms with Crippen LogP contribution in [0.5, 0.6) is 0 Å². The lowest BCUT2D eigenvalue weighted by Crippen LogP contribution is -2.55. The predicted molar refractivity (Wildman–Crippen MR) is 88.3 cm³/mol. The van der Waals surface area contributed by atoms with Crippen LogP contribution in [-0.4, -0.2) is 63.6 Å². The number of hydrogen-bond acceptors (Lipinski definition) is 4. The van der Waals surface area contributed by atoms with Crippen molar-refractivity contribution < 1.29 is 9.59 Å². The number of carbonyl (C=O) groups excluding carboxylic acids is 2. The maximum atomic E-state index is 12.8.